The van der Waals surface area contributed by atoms with Gasteiger partial charge in [0.2, 0.25) is 0 Å². The van der Waals surface area contributed by atoms with E-state index < -0.39 is 0 Å². The van der Waals surface area contributed by atoms with Crippen LogP contribution in [-0.2, 0) is 6.54 Å². The SMILES string of the molecule is CN=C(NCc1ccc(Br)cc1F)NC1CC1C.I. The first-order valence-corrected chi connectivity index (χ1v) is 6.80. The summed E-state index contributed by atoms with van der Waals surface area (Å²) in [6.45, 7) is 2.62. The van der Waals surface area contributed by atoms with E-state index in [0.29, 0.717) is 24.1 Å². The minimum absolute atomic E-state index is 0. The molecule has 19 heavy (non-hydrogen) atoms. The summed E-state index contributed by atoms with van der Waals surface area (Å²) in [5.41, 5.74) is 0.630. The van der Waals surface area contributed by atoms with Gasteiger partial charge in [-0.1, -0.05) is 28.9 Å². The van der Waals surface area contributed by atoms with Crippen LogP contribution < -0.4 is 10.6 Å². The quantitative estimate of drug-likeness (QED) is 0.429. The lowest BCUT2D eigenvalue weighted by molar-refractivity contribution is 0.603. The first kappa shape index (κ1) is 16.7. The Morgan fingerprint density at radius 1 is 1.53 bits per heavy atom. The van der Waals surface area contributed by atoms with Crippen LogP contribution >= 0.6 is 39.9 Å². The first-order valence-electron chi connectivity index (χ1n) is 6.01. The molecule has 106 valence electrons. The smallest absolute Gasteiger partial charge is 0.191 e. The molecule has 2 rings (SSSR count). The molecule has 1 fully saturated rings. The minimum Gasteiger partial charge on any atom is -0.353 e. The third-order valence-electron chi connectivity index (χ3n) is 3.12. The van der Waals surface area contributed by atoms with Gasteiger partial charge in [0.1, 0.15) is 5.82 Å². The second kappa shape index (κ2) is 7.42. The van der Waals surface area contributed by atoms with Gasteiger partial charge in [0.15, 0.2) is 5.96 Å². The molecule has 1 aromatic carbocycles. The van der Waals surface area contributed by atoms with E-state index in [4.69, 9.17) is 0 Å². The number of benzene rings is 1. The second-order valence-electron chi connectivity index (χ2n) is 4.63. The van der Waals surface area contributed by atoms with Crippen molar-refractivity contribution in [2.24, 2.45) is 10.9 Å². The average Bonchev–Trinajstić information content (AvgIpc) is 3.02. The van der Waals surface area contributed by atoms with Crippen LogP contribution in [0.1, 0.15) is 18.9 Å². The summed E-state index contributed by atoms with van der Waals surface area (Å²) in [6.07, 6.45) is 1.17. The molecule has 1 aliphatic carbocycles. The molecule has 0 radical (unpaired) electrons. The van der Waals surface area contributed by atoms with Gasteiger partial charge in [-0.15, -0.1) is 24.0 Å². The van der Waals surface area contributed by atoms with E-state index in [9.17, 15) is 4.39 Å². The zero-order chi connectivity index (χ0) is 13.1. The molecule has 0 aliphatic heterocycles. The van der Waals surface area contributed by atoms with Crippen molar-refractivity contribution in [2.75, 3.05) is 7.05 Å². The van der Waals surface area contributed by atoms with Crippen molar-refractivity contribution in [3.8, 4) is 0 Å². The highest BCUT2D eigenvalue weighted by Crippen LogP contribution is 2.28. The molecule has 0 heterocycles. The van der Waals surface area contributed by atoms with E-state index in [1.165, 1.54) is 12.5 Å². The van der Waals surface area contributed by atoms with Crippen molar-refractivity contribution in [3.05, 3.63) is 34.1 Å². The van der Waals surface area contributed by atoms with Gasteiger partial charge in [-0.3, -0.25) is 4.99 Å². The predicted molar refractivity (Wildman–Crippen MR) is 90.4 cm³/mol. The fourth-order valence-corrected chi connectivity index (χ4v) is 2.07. The van der Waals surface area contributed by atoms with Crippen molar-refractivity contribution >= 4 is 45.9 Å². The van der Waals surface area contributed by atoms with E-state index in [1.54, 1.807) is 13.1 Å². The van der Waals surface area contributed by atoms with Crippen molar-refractivity contribution in [1.29, 1.82) is 0 Å². The van der Waals surface area contributed by atoms with Gasteiger partial charge in [-0.25, -0.2) is 4.39 Å². The zero-order valence-corrected chi connectivity index (χ0v) is 14.8. The lowest BCUT2D eigenvalue weighted by Crippen LogP contribution is -2.38. The summed E-state index contributed by atoms with van der Waals surface area (Å²) in [4.78, 5) is 4.13. The van der Waals surface area contributed by atoms with Crippen LogP contribution in [0.3, 0.4) is 0 Å². The maximum Gasteiger partial charge on any atom is 0.191 e. The van der Waals surface area contributed by atoms with Crippen LogP contribution in [0.25, 0.3) is 0 Å². The Bertz CT molecular complexity index is 467. The van der Waals surface area contributed by atoms with E-state index in [1.807, 2.05) is 6.07 Å². The summed E-state index contributed by atoms with van der Waals surface area (Å²) in [5, 5.41) is 6.42. The molecule has 6 heteroatoms. The fourth-order valence-electron chi connectivity index (χ4n) is 1.74. The molecule has 1 saturated carbocycles. The van der Waals surface area contributed by atoms with E-state index in [0.717, 1.165) is 10.4 Å². The highest BCUT2D eigenvalue weighted by molar-refractivity contribution is 14.0. The molecule has 3 nitrogen and oxygen atoms in total. The van der Waals surface area contributed by atoms with Gasteiger partial charge in [0.25, 0.3) is 0 Å². The van der Waals surface area contributed by atoms with E-state index in [2.05, 4.69) is 38.5 Å². The van der Waals surface area contributed by atoms with Gasteiger partial charge in [-0.05, 0) is 24.5 Å². The Morgan fingerprint density at radius 3 is 2.74 bits per heavy atom. The summed E-state index contributed by atoms with van der Waals surface area (Å²) in [6, 6.07) is 5.57. The normalized spacial score (nSPS) is 21.6. The minimum atomic E-state index is -0.216. The monoisotopic (exact) mass is 441 g/mol. The van der Waals surface area contributed by atoms with Crippen LogP contribution in [0.4, 0.5) is 4.39 Å². The number of aliphatic imine (C=N–C) groups is 1. The van der Waals surface area contributed by atoms with Gasteiger partial charge in [-0.2, -0.15) is 0 Å². The Balaban J connectivity index is 0.00000180. The van der Waals surface area contributed by atoms with Crippen molar-refractivity contribution < 1.29 is 4.39 Å². The van der Waals surface area contributed by atoms with Crippen LogP contribution in [-0.4, -0.2) is 19.0 Å². The van der Waals surface area contributed by atoms with Crippen molar-refractivity contribution in [2.45, 2.75) is 25.9 Å². The number of halogens is 3. The van der Waals surface area contributed by atoms with Crippen molar-refractivity contribution in [1.82, 2.24) is 10.6 Å². The topological polar surface area (TPSA) is 36.4 Å². The van der Waals surface area contributed by atoms with E-state index >= 15 is 0 Å². The third-order valence-corrected chi connectivity index (χ3v) is 3.61. The van der Waals surface area contributed by atoms with Gasteiger partial charge >= 0.3 is 0 Å². The molecular weight excluding hydrogens is 424 g/mol. The first-order chi connectivity index (χ1) is 8.60. The Labute approximate surface area is 138 Å². The molecule has 1 aliphatic rings. The molecule has 1 aromatic rings. The molecule has 2 atom stereocenters. The average molecular weight is 442 g/mol. The highest BCUT2D eigenvalue weighted by atomic mass is 127. The summed E-state index contributed by atoms with van der Waals surface area (Å²) in [5.74, 6) is 1.21. The lowest BCUT2D eigenvalue weighted by Gasteiger charge is -2.12. The number of nitrogens with one attached hydrogen (secondary N) is 2. The summed E-state index contributed by atoms with van der Waals surface area (Å²) in [7, 11) is 1.72. The van der Waals surface area contributed by atoms with E-state index in [-0.39, 0.29) is 29.8 Å². The molecule has 0 amide bonds. The molecule has 0 spiro atoms. The van der Waals surface area contributed by atoms with Crippen LogP contribution in [0.2, 0.25) is 0 Å². The lowest BCUT2D eigenvalue weighted by atomic mass is 10.2. The molecule has 2 unspecified atom stereocenters. The second-order valence-corrected chi connectivity index (χ2v) is 5.54. The maximum absolute atomic E-state index is 13.6. The van der Waals surface area contributed by atoms with Gasteiger partial charge in [0.05, 0.1) is 0 Å². The Kier molecular flexibility index (Phi) is 6.52. The molecular formula is C13H18BrFIN3. The maximum atomic E-state index is 13.6. The molecule has 2 N–H and O–H groups in total. The third kappa shape index (κ3) is 4.91. The predicted octanol–water partition coefficient (Wildman–Crippen LogP) is 3.28. The van der Waals surface area contributed by atoms with Crippen molar-refractivity contribution in [3.63, 3.8) is 0 Å². The van der Waals surface area contributed by atoms with Gasteiger partial charge < -0.3 is 10.6 Å². The molecule has 0 saturated heterocycles. The summed E-state index contributed by atoms with van der Waals surface area (Å²) < 4.78 is 14.4. The number of nitrogens with zero attached hydrogens (tertiary/aromatic N) is 1. The van der Waals surface area contributed by atoms with Gasteiger partial charge in [0, 0.05) is 29.7 Å². The number of hydrogen-bond donors (Lipinski definition) is 2. The Morgan fingerprint density at radius 2 is 2.21 bits per heavy atom. The van der Waals surface area contributed by atoms with Crippen LogP contribution in [0, 0.1) is 11.7 Å². The molecule has 0 aromatic heterocycles. The zero-order valence-electron chi connectivity index (χ0n) is 10.9. The Hall–Kier alpha value is -0.370. The van der Waals surface area contributed by atoms with Crippen LogP contribution in [0.15, 0.2) is 27.7 Å². The largest absolute Gasteiger partial charge is 0.353 e. The molecule has 0 bridgehead atoms. The number of rotatable bonds is 3. The fraction of sp³-hybridized carbons (Fsp3) is 0.462. The number of hydrogen-bond acceptors (Lipinski definition) is 1. The standard InChI is InChI=1S/C13H17BrFN3.HI/c1-8-5-12(8)18-13(16-2)17-7-9-3-4-10(14)6-11(9)15;/h3-4,6,8,12H,5,7H2,1-2H3,(H2,16,17,18);1H. The summed E-state index contributed by atoms with van der Waals surface area (Å²) >= 11 is 3.24. The number of guanidine groups is 1. The highest BCUT2D eigenvalue weighted by Gasteiger charge is 2.33. The van der Waals surface area contributed by atoms with Crippen LogP contribution in [0.5, 0.6) is 0 Å².